The summed E-state index contributed by atoms with van der Waals surface area (Å²) in [4.78, 5) is 15.7. The molecule has 0 aliphatic carbocycles. The lowest BCUT2D eigenvalue weighted by molar-refractivity contribution is 0.0992. The van der Waals surface area contributed by atoms with Crippen LogP contribution in [0.3, 0.4) is 0 Å². The Morgan fingerprint density at radius 2 is 2.21 bits per heavy atom. The van der Waals surface area contributed by atoms with E-state index >= 15 is 0 Å². The minimum absolute atomic E-state index is 0.101. The zero-order chi connectivity index (χ0) is 10.6. The molecule has 74 valence electrons. The number of ketones is 1. The Balaban J connectivity index is 2.70. The Bertz CT molecular complexity index is 338. The largest absolute Gasteiger partial charge is 0.294 e. The molecule has 0 spiro atoms. The summed E-state index contributed by atoms with van der Waals surface area (Å²) in [6.07, 6.45) is 2.91. The molecule has 14 heavy (non-hydrogen) atoms. The molecule has 0 aromatic carbocycles. The van der Waals surface area contributed by atoms with Crippen molar-refractivity contribution in [3.8, 4) is 0 Å². The average molecular weight is 189 g/mol. The Kier molecular flexibility index (Phi) is 3.57. The molecule has 0 amide bonds. The summed E-state index contributed by atoms with van der Waals surface area (Å²) in [5.74, 6) is 0.101. The summed E-state index contributed by atoms with van der Waals surface area (Å²) in [6.45, 7) is 7.72. The lowest BCUT2D eigenvalue weighted by atomic mass is 10.0. The molecule has 0 bridgehead atoms. The van der Waals surface area contributed by atoms with Crippen LogP contribution in [0.4, 0.5) is 0 Å². The molecule has 0 atom stereocenters. The van der Waals surface area contributed by atoms with E-state index in [9.17, 15) is 4.79 Å². The fourth-order valence-electron chi connectivity index (χ4n) is 1.09. The van der Waals surface area contributed by atoms with Gasteiger partial charge in [-0.1, -0.05) is 19.1 Å². The maximum Gasteiger partial charge on any atom is 0.168 e. The Morgan fingerprint density at radius 1 is 1.50 bits per heavy atom. The average Bonchev–Trinajstić information content (AvgIpc) is 2.18. The van der Waals surface area contributed by atoms with Crippen molar-refractivity contribution in [1.82, 2.24) is 4.98 Å². The first-order valence-corrected chi connectivity index (χ1v) is 4.76. The number of aromatic nitrogens is 1. The van der Waals surface area contributed by atoms with Gasteiger partial charge in [0.1, 0.15) is 0 Å². The van der Waals surface area contributed by atoms with Crippen LogP contribution < -0.4 is 0 Å². The summed E-state index contributed by atoms with van der Waals surface area (Å²) in [6, 6.07) is 3.66. The molecule has 0 N–H and O–H groups in total. The number of allylic oxidation sites excluding steroid dienone is 1. The second kappa shape index (κ2) is 4.70. The van der Waals surface area contributed by atoms with Crippen molar-refractivity contribution in [3.63, 3.8) is 0 Å². The smallest absolute Gasteiger partial charge is 0.168 e. The number of hydrogen-bond donors (Lipinski definition) is 0. The highest BCUT2D eigenvalue weighted by molar-refractivity contribution is 5.97. The van der Waals surface area contributed by atoms with Crippen LogP contribution in [-0.4, -0.2) is 10.8 Å². The molecule has 1 aromatic rings. The molecule has 0 saturated carbocycles. The van der Waals surface area contributed by atoms with E-state index < -0.39 is 0 Å². The normalized spacial score (nSPS) is 9.86. The van der Waals surface area contributed by atoms with Crippen LogP contribution in [0, 0.1) is 6.92 Å². The molecular weight excluding hydrogens is 174 g/mol. The third-order valence-electron chi connectivity index (χ3n) is 2.14. The van der Waals surface area contributed by atoms with Crippen molar-refractivity contribution in [3.05, 3.63) is 41.7 Å². The van der Waals surface area contributed by atoms with Crippen LogP contribution in [0.2, 0.25) is 0 Å². The van der Waals surface area contributed by atoms with Gasteiger partial charge in [0.15, 0.2) is 5.78 Å². The molecule has 2 heteroatoms. The van der Waals surface area contributed by atoms with E-state index in [1.165, 1.54) is 0 Å². The van der Waals surface area contributed by atoms with Gasteiger partial charge in [0.2, 0.25) is 0 Å². The molecule has 0 unspecified atom stereocenters. The van der Waals surface area contributed by atoms with E-state index in [0.29, 0.717) is 12.0 Å². The molecule has 0 saturated heterocycles. The van der Waals surface area contributed by atoms with E-state index in [4.69, 9.17) is 0 Å². The Morgan fingerprint density at radius 3 is 2.71 bits per heavy atom. The third kappa shape index (κ3) is 2.80. The monoisotopic (exact) mass is 189 g/mol. The van der Waals surface area contributed by atoms with Gasteiger partial charge in [0, 0.05) is 23.9 Å². The van der Waals surface area contributed by atoms with Crippen molar-refractivity contribution in [2.75, 3.05) is 0 Å². The fraction of sp³-hybridized carbons (Fsp3) is 0.333. The third-order valence-corrected chi connectivity index (χ3v) is 2.14. The number of rotatable bonds is 4. The maximum absolute atomic E-state index is 11.6. The number of hydrogen-bond acceptors (Lipinski definition) is 2. The molecular formula is C12H15NO. The predicted molar refractivity (Wildman–Crippen MR) is 57.4 cm³/mol. The van der Waals surface area contributed by atoms with Gasteiger partial charge in [0.05, 0.1) is 0 Å². The van der Waals surface area contributed by atoms with E-state index in [0.717, 1.165) is 17.7 Å². The van der Waals surface area contributed by atoms with Gasteiger partial charge in [-0.25, -0.2) is 0 Å². The van der Waals surface area contributed by atoms with Gasteiger partial charge in [-0.15, -0.1) is 0 Å². The van der Waals surface area contributed by atoms with Crippen LogP contribution in [-0.2, 0) is 0 Å². The van der Waals surface area contributed by atoms with Crippen LogP contribution in [0.5, 0.6) is 0 Å². The van der Waals surface area contributed by atoms with Crippen molar-refractivity contribution in [2.24, 2.45) is 0 Å². The van der Waals surface area contributed by atoms with Crippen LogP contribution >= 0.6 is 0 Å². The molecule has 1 aromatic heterocycles. The van der Waals surface area contributed by atoms with E-state index in [2.05, 4.69) is 11.6 Å². The highest BCUT2D eigenvalue weighted by Crippen LogP contribution is 2.09. The summed E-state index contributed by atoms with van der Waals surface area (Å²) in [7, 11) is 0. The van der Waals surface area contributed by atoms with Crippen molar-refractivity contribution in [2.45, 2.75) is 26.7 Å². The van der Waals surface area contributed by atoms with Gasteiger partial charge in [-0.3, -0.25) is 9.78 Å². The standard InChI is InChI=1S/C12H15NO/c1-4-9(2)7-12(14)11-6-5-10(3)13-8-11/h5-6,8H,2,4,7H2,1,3H3. The molecule has 0 fully saturated rings. The summed E-state index contributed by atoms with van der Waals surface area (Å²) >= 11 is 0. The molecule has 1 rings (SSSR count). The van der Waals surface area contributed by atoms with E-state index in [-0.39, 0.29) is 5.78 Å². The first-order chi connectivity index (χ1) is 6.63. The number of carbonyl (C=O) groups is 1. The highest BCUT2D eigenvalue weighted by atomic mass is 16.1. The quantitative estimate of drug-likeness (QED) is 0.538. The van der Waals surface area contributed by atoms with Crippen molar-refractivity contribution in [1.29, 1.82) is 0 Å². The molecule has 1 heterocycles. The minimum atomic E-state index is 0.101. The molecule has 0 aliphatic rings. The number of carbonyl (C=O) groups excluding carboxylic acids is 1. The zero-order valence-electron chi connectivity index (χ0n) is 8.71. The number of nitrogens with zero attached hydrogens (tertiary/aromatic N) is 1. The van der Waals surface area contributed by atoms with Crippen molar-refractivity contribution < 1.29 is 4.79 Å². The fourth-order valence-corrected chi connectivity index (χ4v) is 1.09. The summed E-state index contributed by atoms with van der Waals surface area (Å²) in [5, 5.41) is 0. The first kappa shape index (κ1) is 10.6. The predicted octanol–water partition coefficient (Wildman–Crippen LogP) is 2.93. The van der Waals surface area contributed by atoms with Gasteiger partial charge in [-0.2, -0.15) is 0 Å². The molecule has 0 radical (unpaired) electrons. The SMILES string of the molecule is C=C(CC)CC(=O)c1ccc(C)nc1. The molecule has 2 nitrogen and oxygen atoms in total. The van der Waals surface area contributed by atoms with Gasteiger partial charge >= 0.3 is 0 Å². The van der Waals surface area contributed by atoms with E-state index in [1.807, 2.05) is 26.0 Å². The van der Waals surface area contributed by atoms with Gasteiger partial charge in [0.25, 0.3) is 0 Å². The second-order valence-electron chi connectivity index (χ2n) is 3.39. The zero-order valence-corrected chi connectivity index (χ0v) is 8.71. The number of Topliss-reactive ketones (excluding diaryl/α,β-unsaturated/α-hetero) is 1. The second-order valence-corrected chi connectivity index (χ2v) is 3.39. The summed E-state index contributed by atoms with van der Waals surface area (Å²) < 4.78 is 0. The molecule has 0 aliphatic heterocycles. The van der Waals surface area contributed by atoms with E-state index in [1.54, 1.807) is 6.20 Å². The topological polar surface area (TPSA) is 30.0 Å². The van der Waals surface area contributed by atoms with Gasteiger partial charge in [-0.05, 0) is 25.5 Å². The van der Waals surface area contributed by atoms with Crippen molar-refractivity contribution >= 4 is 5.78 Å². The Labute approximate surface area is 84.7 Å². The number of aryl methyl sites for hydroxylation is 1. The lowest BCUT2D eigenvalue weighted by Gasteiger charge is -2.01. The first-order valence-electron chi connectivity index (χ1n) is 4.76. The van der Waals surface area contributed by atoms with Crippen LogP contribution in [0.1, 0.15) is 35.8 Å². The number of pyridine rings is 1. The lowest BCUT2D eigenvalue weighted by Crippen LogP contribution is -2.01. The highest BCUT2D eigenvalue weighted by Gasteiger charge is 2.06. The van der Waals surface area contributed by atoms with Gasteiger partial charge < -0.3 is 0 Å². The van der Waals surface area contributed by atoms with Crippen LogP contribution in [0.25, 0.3) is 0 Å². The maximum atomic E-state index is 11.6. The summed E-state index contributed by atoms with van der Waals surface area (Å²) in [5.41, 5.74) is 2.57. The minimum Gasteiger partial charge on any atom is -0.294 e. The Hall–Kier alpha value is -1.44. The van der Waals surface area contributed by atoms with Crippen LogP contribution in [0.15, 0.2) is 30.5 Å².